The molecule has 1 aromatic rings. The van der Waals surface area contributed by atoms with Crippen molar-refractivity contribution in [2.75, 3.05) is 6.54 Å². The maximum Gasteiger partial charge on any atom is 0.147 e. The highest BCUT2D eigenvalue weighted by atomic mass is 15.3. The van der Waals surface area contributed by atoms with Crippen LogP contribution in [-0.4, -0.2) is 21.3 Å². The molecule has 1 aliphatic rings. The van der Waals surface area contributed by atoms with Gasteiger partial charge in [-0.2, -0.15) is 0 Å². The number of nitrogens with zero attached hydrogens (tertiary/aromatic N) is 3. The largest absolute Gasteiger partial charge is 0.314 e. The molecule has 0 unspecified atom stereocenters. The summed E-state index contributed by atoms with van der Waals surface area (Å²) in [5, 5.41) is 12.2. The Labute approximate surface area is 123 Å². The molecule has 0 amide bonds. The van der Waals surface area contributed by atoms with E-state index in [1.54, 1.807) is 0 Å². The monoisotopic (exact) mass is 278 g/mol. The van der Waals surface area contributed by atoms with E-state index in [0.717, 1.165) is 31.9 Å². The Morgan fingerprint density at radius 2 is 2.05 bits per heavy atom. The van der Waals surface area contributed by atoms with Crippen LogP contribution < -0.4 is 5.32 Å². The molecule has 1 aromatic heterocycles. The maximum absolute atomic E-state index is 4.34. The predicted molar refractivity (Wildman–Crippen MR) is 82.6 cm³/mol. The first-order valence-corrected chi connectivity index (χ1v) is 8.24. The van der Waals surface area contributed by atoms with Gasteiger partial charge in [-0.1, -0.05) is 40.0 Å². The summed E-state index contributed by atoms with van der Waals surface area (Å²) >= 11 is 0. The molecule has 20 heavy (non-hydrogen) atoms. The van der Waals surface area contributed by atoms with E-state index in [1.807, 2.05) is 0 Å². The molecule has 0 saturated heterocycles. The highest BCUT2D eigenvalue weighted by molar-refractivity contribution is 4.98. The van der Waals surface area contributed by atoms with Crippen molar-refractivity contribution in [1.29, 1.82) is 0 Å². The normalized spacial score (nSPS) is 15.3. The van der Waals surface area contributed by atoms with Crippen LogP contribution in [-0.2, 0) is 19.5 Å². The molecule has 0 aliphatic carbocycles. The van der Waals surface area contributed by atoms with Gasteiger partial charge < -0.3 is 9.88 Å². The van der Waals surface area contributed by atoms with Crippen molar-refractivity contribution in [3.8, 4) is 0 Å². The van der Waals surface area contributed by atoms with E-state index < -0.39 is 0 Å². The second-order valence-electron chi connectivity index (χ2n) is 6.87. The first kappa shape index (κ1) is 15.5. The summed E-state index contributed by atoms with van der Waals surface area (Å²) in [6, 6.07) is 0. The minimum Gasteiger partial charge on any atom is -0.314 e. The Hall–Kier alpha value is -0.900. The van der Waals surface area contributed by atoms with Gasteiger partial charge in [0.05, 0.1) is 6.54 Å². The van der Waals surface area contributed by atoms with E-state index in [1.165, 1.54) is 44.3 Å². The summed E-state index contributed by atoms with van der Waals surface area (Å²) in [7, 11) is 0. The summed E-state index contributed by atoms with van der Waals surface area (Å²) in [5.41, 5.74) is 0.375. The van der Waals surface area contributed by atoms with Crippen LogP contribution in [0.3, 0.4) is 0 Å². The quantitative estimate of drug-likeness (QED) is 0.742. The molecule has 0 spiro atoms. The first-order chi connectivity index (χ1) is 9.62. The number of aromatic nitrogens is 3. The lowest BCUT2D eigenvalue weighted by molar-refractivity contribution is 0.299. The number of rotatable bonds is 8. The van der Waals surface area contributed by atoms with Crippen LogP contribution in [0.25, 0.3) is 0 Å². The fraction of sp³-hybridized carbons (Fsp3) is 0.875. The number of fused-ring (bicyclic) bond motifs is 1. The average molecular weight is 278 g/mol. The van der Waals surface area contributed by atoms with Crippen molar-refractivity contribution in [2.45, 2.75) is 78.8 Å². The highest BCUT2D eigenvalue weighted by Crippen LogP contribution is 2.23. The van der Waals surface area contributed by atoms with Gasteiger partial charge in [0.2, 0.25) is 0 Å². The zero-order valence-corrected chi connectivity index (χ0v) is 13.4. The summed E-state index contributed by atoms with van der Waals surface area (Å²) < 4.78 is 2.31. The summed E-state index contributed by atoms with van der Waals surface area (Å²) in [4.78, 5) is 0. The molecule has 114 valence electrons. The molecule has 1 aliphatic heterocycles. The van der Waals surface area contributed by atoms with E-state index in [0.29, 0.717) is 5.41 Å². The Balaban J connectivity index is 1.76. The van der Waals surface area contributed by atoms with Gasteiger partial charge in [0, 0.05) is 19.5 Å². The molecule has 4 heteroatoms. The lowest BCUT2D eigenvalue weighted by Gasteiger charge is -2.25. The predicted octanol–water partition coefficient (Wildman–Crippen LogP) is 3.31. The number of hydrogen-bond donors (Lipinski definition) is 1. The standard InChI is InChI=1S/C16H30N4/c1-4-5-7-10-16(2,3)13-17-12-15-19-18-14-9-6-8-11-20(14)15/h17H,4-13H2,1-3H3. The molecule has 2 rings (SSSR count). The Morgan fingerprint density at radius 1 is 1.20 bits per heavy atom. The minimum atomic E-state index is 0.375. The number of hydrogen-bond acceptors (Lipinski definition) is 3. The van der Waals surface area contributed by atoms with Crippen molar-refractivity contribution < 1.29 is 0 Å². The van der Waals surface area contributed by atoms with Gasteiger partial charge in [-0.3, -0.25) is 0 Å². The van der Waals surface area contributed by atoms with Crippen LogP contribution in [0.4, 0.5) is 0 Å². The second-order valence-corrected chi connectivity index (χ2v) is 6.87. The SMILES string of the molecule is CCCCCC(C)(C)CNCc1nnc2n1CCCC2. The topological polar surface area (TPSA) is 42.7 Å². The van der Waals surface area contributed by atoms with Gasteiger partial charge in [-0.25, -0.2) is 0 Å². The van der Waals surface area contributed by atoms with Gasteiger partial charge in [-0.05, 0) is 24.7 Å². The number of aryl methyl sites for hydroxylation is 1. The Kier molecular flexibility index (Phi) is 5.58. The summed E-state index contributed by atoms with van der Waals surface area (Å²) in [5.74, 6) is 2.29. The zero-order valence-electron chi connectivity index (χ0n) is 13.4. The van der Waals surface area contributed by atoms with E-state index in [-0.39, 0.29) is 0 Å². The molecule has 0 bridgehead atoms. The van der Waals surface area contributed by atoms with Crippen molar-refractivity contribution in [1.82, 2.24) is 20.1 Å². The lowest BCUT2D eigenvalue weighted by atomic mass is 9.87. The fourth-order valence-electron chi connectivity index (χ4n) is 2.95. The molecule has 0 aromatic carbocycles. The molecular formula is C16H30N4. The van der Waals surface area contributed by atoms with E-state index in [9.17, 15) is 0 Å². The van der Waals surface area contributed by atoms with Crippen LogP contribution in [0.15, 0.2) is 0 Å². The van der Waals surface area contributed by atoms with Crippen molar-refractivity contribution >= 4 is 0 Å². The molecule has 0 atom stereocenters. The number of nitrogens with one attached hydrogen (secondary N) is 1. The van der Waals surface area contributed by atoms with Crippen LogP contribution in [0, 0.1) is 5.41 Å². The van der Waals surface area contributed by atoms with Gasteiger partial charge in [0.25, 0.3) is 0 Å². The third-order valence-corrected chi connectivity index (χ3v) is 4.28. The van der Waals surface area contributed by atoms with E-state index >= 15 is 0 Å². The van der Waals surface area contributed by atoms with Crippen LogP contribution in [0.1, 0.15) is 70.9 Å². The zero-order chi connectivity index (χ0) is 14.4. The van der Waals surface area contributed by atoms with Gasteiger partial charge in [0.1, 0.15) is 11.6 Å². The summed E-state index contributed by atoms with van der Waals surface area (Å²) in [6.07, 6.45) is 8.90. The molecule has 0 saturated carbocycles. The minimum absolute atomic E-state index is 0.375. The van der Waals surface area contributed by atoms with Gasteiger partial charge >= 0.3 is 0 Å². The van der Waals surface area contributed by atoms with Crippen LogP contribution in [0.2, 0.25) is 0 Å². The molecule has 0 radical (unpaired) electrons. The average Bonchev–Trinajstić information content (AvgIpc) is 2.82. The van der Waals surface area contributed by atoms with Crippen LogP contribution in [0.5, 0.6) is 0 Å². The molecule has 2 heterocycles. The van der Waals surface area contributed by atoms with Gasteiger partial charge in [-0.15, -0.1) is 10.2 Å². The third kappa shape index (κ3) is 4.30. The van der Waals surface area contributed by atoms with Crippen LogP contribution >= 0.6 is 0 Å². The number of unbranched alkanes of at least 4 members (excludes halogenated alkanes) is 2. The fourth-order valence-corrected chi connectivity index (χ4v) is 2.95. The van der Waals surface area contributed by atoms with Gasteiger partial charge in [0.15, 0.2) is 0 Å². The molecule has 4 nitrogen and oxygen atoms in total. The molecule has 1 N–H and O–H groups in total. The highest BCUT2D eigenvalue weighted by Gasteiger charge is 2.19. The van der Waals surface area contributed by atoms with Crippen molar-refractivity contribution in [3.63, 3.8) is 0 Å². The maximum atomic E-state index is 4.34. The molecular weight excluding hydrogens is 248 g/mol. The third-order valence-electron chi connectivity index (χ3n) is 4.28. The van der Waals surface area contributed by atoms with Crippen molar-refractivity contribution in [2.24, 2.45) is 5.41 Å². The molecule has 0 fully saturated rings. The second kappa shape index (κ2) is 7.21. The smallest absolute Gasteiger partial charge is 0.147 e. The van der Waals surface area contributed by atoms with Crippen molar-refractivity contribution in [3.05, 3.63) is 11.6 Å². The van der Waals surface area contributed by atoms with E-state index in [2.05, 4.69) is 40.9 Å². The first-order valence-electron chi connectivity index (χ1n) is 8.24. The Bertz CT molecular complexity index is 409. The van der Waals surface area contributed by atoms with E-state index in [4.69, 9.17) is 0 Å². The Morgan fingerprint density at radius 3 is 2.85 bits per heavy atom. The lowest BCUT2D eigenvalue weighted by Crippen LogP contribution is -2.30. The summed E-state index contributed by atoms with van der Waals surface area (Å²) in [6.45, 7) is 9.98.